The molecule has 3 heterocycles. The summed E-state index contributed by atoms with van der Waals surface area (Å²) in [6.07, 6.45) is 7.11. The summed E-state index contributed by atoms with van der Waals surface area (Å²) in [6.45, 7) is 4.32. The van der Waals surface area contributed by atoms with Gasteiger partial charge in [-0.15, -0.1) is 11.8 Å². The molecule has 7 nitrogen and oxygen atoms in total. The van der Waals surface area contributed by atoms with Crippen LogP contribution in [0.5, 0.6) is 0 Å². The predicted octanol–water partition coefficient (Wildman–Crippen LogP) is 3.46. The summed E-state index contributed by atoms with van der Waals surface area (Å²) in [4.78, 5) is 43.7. The summed E-state index contributed by atoms with van der Waals surface area (Å²) in [6, 6.07) is 7.83. The van der Waals surface area contributed by atoms with Crippen LogP contribution in [0.2, 0.25) is 0 Å². The maximum Gasteiger partial charge on any atom is 0.325 e. The highest BCUT2D eigenvalue weighted by Crippen LogP contribution is 2.37. The van der Waals surface area contributed by atoms with E-state index in [0.717, 1.165) is 37.7 Å². The topological polar surface area (TPSA) is 79.0 Å². The second-order valence-corrected chi connectivity index (χ2v) is 10.3. The van der Waals surface area contributed by atoms with Crippen LogP contribution in [-0.4, -0.2) is 71.8 Å². The molecular formula is C25H35N3O4S. The van der Waals surface area contributed by atoms with Gasteiger partial charge < -0.3 is 15.0 Å². The minimum Gasteiger partial charge on any atom is -0.376 e. The van der Waals surface area contributed by atoms with Crippen molar-refractivity contribution in [2.24, 2.45) is 5.92 Å². The number of thioether (sulfide) groups is 1. The third-order valence-electron chi connectivity index (χ3n) is 7.32. The molecule has 0 aromatic heterocycles. The number of rotatable bonds is 8. The van der Waals surface area contributed by atoms with E-state index in [4.69, 9.17) is 4.74 Å². The maximum absolute atomic E-state index is 13.5. The molecule has 2 atom stereocenters. The van der Waals surface area contributed by atoms with Gasteiger partial charge in [0.2, 0.25) is 5.91 Å². The molecule has 0 unspecified atom stereocenters. The van der Waals surface area contributed by atoms with Crippen LogP contribution in [0.3, 0.4) is 0 Å². The molecule has 0 radical (unpaired) electrons. The van der Waals surface area contributed by atoms with Crippen LogP contribution in [-0.2, 0) is 20.7 Å². The van der Waals surface area contributed by atoms with Crippen LogP contribution >= 0.6 is 11.8 Å². The second-order valence-electron chi connectivity index (χ2n) is 9.38. The number of carbonyl (C=O) groups excluding carboxylic acids is 3. The van der Waals surface area contributed by atoms with Crippen LogP contribution in [0.15, 0.2) is 29.2 Å². The number of hydrogen-bond donors (Lipinski definition) is 1. The monoisotopic (exact) mass is 473 g/mol. The molecule has 3 fully saturated rings. The van der Waals surface area contributed by atoms with Crippen molar-refractivity contribution >= 4 is 29.6 Å². The Labute approximate surface area is 200 Å². The van der Waals surface area contributed by atoms with Gasteiger partial charge in [-0.25, -0.2) is 4.79 Å². The molecule has 1 N–H and O–H groups in total. The molecule has 1 aromatic rings. The molecule has 4 rings (SSSR count). The molecule has 0 aliphatic carbocycles. The molecule has 3 aliphatic rings. The van der Waals surface area contributed by atoms with E-state index in [1.54, 1.807) is 11.8 Å². The third kappa shape index (κ3) is 5.06. The number of carbonyl (C=O) groups is 3. The predicted molar refractivity (Wildman–Crippen MR) is 128 cm³/mol. The van der Waals surface area contributed by atoms with Gasteiger partial charge in [0.1, 0.15) is 5.54 Å². The summed E-state index contributed by atoms with van der Waals surface area (Å²) in [5.74, 6) is 0.0495. The Hall–Kier alpha value is -2.06. The first-order chi connectivity index (χ1) is 16.0. The average molecular weight is 474 g/mol. The first kappa shape index (κ1) is 24.1. The van der Waals surface area contributed by atoms with Crippen LogP contribution < -0.4 is 5.32 Å². The van der Waals surface area contributed by atoms with Gasteiger partial charge in [-0.2, -0.15) is 0 Å². The molecule has 4 amide bonds. The summed E-state index contributed by atoms with van der Waals surface area (Å²) in [5.41, 5.74) is 0.165. The fourth-order valence-corrected chi connectivity index (χ4v) is 5.91. The van der Waals surface area contributed by atoms with Gasteiger partial charge in [0.05, 0.1) is 19.1 Å². The first-order valence-electron chi connectivity index (χ1n) is 12.1. The van der Waals surface area contributed by atoms with Gasteiger partial charge >= 0.3 is 6.03 Å². The summed E-state index contributed by atoms with van der Waals surface area (Å²) in [5, 5.41) is 3.08. The Morgan fingerprint density at radius 3 is 2.52 bits per heavy atom. The van der Waals surface area contributed by atoms with Crippen LogP contribution in [0.25, 0.3) is 0 Å². The number of nitrogens with zero attached hydrogens (tertiary/aromatic N) is 2. The molecule has 0 saturated carbocycles. The number of nitrogens with one attached hydrogen (secondary N) is 1. The number of benzene rings is 1. The van der Waals surface area contributed by atoms with E-state index in [0.29, 0.717) is 39.1 Å². The highest BCUT2D eigenvalue weighted by molar-refractivity contribution is 7.98. The number of imide groups is 1. The van der Waals surface area contributed by atoms with E-state index >= 15 is 0 Å². The number of amides is 4. The zero-order valence-corrected chi connectivity index (χ0v) is 20.5. The average Bonchev–Trinajstić information content (AvgIpc) is 3.43. The summed E-state index contributed by atoms with van der Waals surface area (Å²) < 4.78 is 5.67. The van der Waals surface area contributed by atoms with E-state index < -0.39 is 5.54 Å². The minimum atomic E-state index is -0.854. The molecule has 0 bridgehead atoms. The van der Waals surface area contributed by atoms with Crippen molar-refractivity contribution in [1.82, 2.24) is 15.1 Å². The normalized spacial score (nSPS) is 26.2. The molecule has 8 heteroatoms. The lowest BCUT2D eigenvalue weighted by atomic mass is 9.74. The highest BCUT2D eigenvalue weighted by atomic mass is 32.2. The number of piperidine rings is 1. The van der Waals surface area contributed by atoms with Gasteiger partial charge in [-0.05, 0) is 62.0 Å². The van der Waals surface area contributed by atoms with E-state index in [2.05, 4.69) is 5.32 Å². The Balaban J connectivity index is 1.38. The molecule has 1 aromatic carbocycles. The van der Waals surface area contributed by atoms with E-state index in [-0.39, 0.29) is 29.9 Å². The van der Waals surface area contributed by atoms with Crippen LogP contribution in [0.1, 0.15) is 51.0 Å². The fourth-order valence-electron chi connectivity index (χ4n) is 5.50. The molecule has 3 aliphatic heterocycles. The number of likely N-dealkylation sites (tertiary alicyclic amines) is 1. The Bertz CT molecular complexity index is 863. The van der Waals surface area contributed by atoms with Crippen LogP contribution in [0, 0.1) is 5.92 Å². The lowest BCUT2D eigenvalue weighted by molar-refractivity contribution is -0.136. The smallest absolute Gasteiger partial charge is 0.325 e. The van der Waals surface area contributed by atoms with Gasteiger partial charge in [0.15, 0.2) is 0 Å². The minimum absolute atomic E-state index is 0.0355. The fraction of sp³-hybridized carbons (Fsp3) is 0.640. The molecule has 0 spiro atoms. The molecule has 33 heavy (non-hydrogen) atoms. The molecule has 3 saturated heterocycles. The first-order valence-corrected chi connectivity index (χ1v) is 13.4. The van der Waals surface area contributed by atoms with E-state index in [1.165, 1.54) is 9.80 Å². The zero-order valence-electron chi connectivity index (χ0n) is 19.7. The molecule has 180 valence electrons. The SMILES string of the molecule is CCC[C@@]1(C2CCN(C(=O)Cc3ccc(SC)cc3)CC2)NC(=O)N(C[C@@H]2CCCO2)C1=O. The number of urea groups is 1. The van der Waals surface area contributed by atoms with Crippen molar-refractivity contribution in [2.75, 3.05) is 32.5 Å². The van der Waals surface area contributed by atoms with Crippen molar-refractivity contribution in [3.05, 3.63) is 29.8 Å². The number of ether oxygens (including phenoxy) is 1. The third-order valence-corrected chi connectivity index (χ3v) is 8.06. The van der Waals surface area contributed by atoms with Gasteiger partial charge in [0, 0.05) is 24.6 Å². The Morgan fingerprint density at radius 2 is 1.91 bits per heavy atom. The largest absolute Gasteiger partial charge is 0.376 e. The van der Waals surface area contributed by atoms with Crippen molar-refractivity contribution < 1.29 is 19.1 Å². The van der Waals surface area contributed by atoms with Gasteiger partial charge in [-0.3, -0.25) is 14.5 Å². The van der Waals surface area contributed by atoms with Crippen molar-refractivity contribution in [3.8, 4) is 0 Å². The van der Waals surface area contributed by atoms with Gasteiger partial charge in [0.25, 0.3) is 5.91 Å². The second kappa shape index (κ2) is 10.5. The maximum atomic E-state index is 13.5. The number of hydrogen-bond acceptors (Lipinski definition) is 5. The summed E-state index contributed by atoms with van der Waals surface area (Å²) >= 11 is 1.69. The highest BCUT2D eigenvalue weighted by Gasteiger charge is 2.55. The van der Waals surface area contributed by atoms with Crippen molar-refractivity contribution in [3.63, 3.8) is 0 Å². The Kier molecular flexibility index (Phi) is 7.64. The van der Waals surface area contributed by atoms with Crippen LogP contribution in [0.4, 0.5) is 4.79 Å². The van der Waals surface area contributed by atoms with E-state index in [1.807, 2.05) is 42.3 Å². The van der Waals surface area contributed by atoms with Crippen molar-refractivity contribution in [2.45, 2.75) is 68.4 Å². The van der Waals surface area contributed by atoms with Gasteiger partial charge in [-0.1, -0.05) is 25.5 Å². The van der Waals surface area contributed by atoms with Crippen molar-refractivity contribution in [1.29, 1.82) is 0 Å². The lowest BCUT2D eigenvalue weighted by Gasteiger charge is -2.41. The zero-order chi connectivity index (χ0) is 23.4. The Morgan fingerprint density at radius 1 is 1.18 bits per heavy atom. The van der Waals surface area contributed by atoms with E-state index in [9.17, 15) is 14.4 Å². The molecular weight excluding hydrogens is 438 g/mol. The quantitative estimate of drug-likeness (QED) is 0.462. The standard InChI is InChI=1S/C25H35N3O4S/c1-3-12-25(23(30)28(24(31)26-25)17-20-5-4-15-32-20)19-10-13-27(14-11-19)22(29)16-18-6-8-21(33-2)9-7-18/h6-9,19-20H,3-5,10-17H2,1-2H3,(H,26,31)/t20-,25-/m0/s1. The lowest BCUT2D eigenvalue weighted by Crippen LogP contribution is -2.56. The summed E-state index contributed by atoms with van der Waals surface area (Å²) in [7, 11) is 0.